The molecule has 126 valence electrons. The third kappa shape index (κ3) is 3.07. The van der Waals surface area contributed by atoms with Crippen molar-refractivity contribution in [3.63, 3.8) is 0 Å². The number of carbonyl (C=O) groups is 3. The van der Waals surface area contributed by atoms with Crippen molar-refractivity contribution in [2.75, 3.05) is 11.9 Å². The number of fused-ring (bicyclic) bond motifs is 1. The van der Waals surface area contributed by atoms with Crippen molar-refractivity contribution in [3.8, 4) is 0 Å². The van der Waals surface area contributed by atoms with Gasteiger partial charge in [-0.25, -0.2) is 0 Å². The predicted octanol–water partition coefficient (Wildman–Crippen LogP) is 2.21. The van der Waals surface area contributed by atoms with Gasteiger partial charge in [-0.3, -0.25) is 19.3 Å². The minimum absolute atomic E-state index is 0.127. The summed E-state index contributed by atoms with van der Waals surface area (Å²) in [6, 6.07) is 11.2. The molecule has 0 spiro atoms. The monoisotopic (exact) mass is 336 g/mol. The molecule has 0 unspecified atom stereocenters. The maximum absolute atomic E-state index is 12.4. The zero-order valence-electron chi connectivity index (χ0n) is 13.4. The predicted molar refractivity (Wildman–Crippen MR) is 92.3 cm³/mol. The summed E-state index contributed by atoms with van der Waals surface area (Å²) < 4.78 is 0. The molecule has 0 radical (unpaired) electrons. The van der Waals surface area contributed by atoms with Gasteiger partial charge in [-0.15, -0.1) is 6.58 Å². The van der Waals surface area contributed by atoms with E-state index in [-0.39, 0.29) is 35.7 Å². The molecule has 0 bridgehead atoms. The lowest BCUT2D eigenvalue weighted by Gasteiger charge is -2.09. The van der Waals surface area contributed by atoms with Gasteiger partial charge in [-0.1, -0.05) is 18.2 Å². The summed E-state index contributed by atoms with van der Waals surface area (Å²) in [5, 5.41) is 11.9. The number of nitrogens with zero attached hydrogens (tertiary/aromatic N) is 1. The summed E-state index contributed by atoms with van der Waals surface area (Å²) in [4.78, 5) is 38.0. The molecule has 25 heavy (non-hydrogen) atoms. The van der Waals surface area contributed by atoms with Crippen molar-refractivity contribution >= 4 is 23.4 Å². The molecule has 0 fully saturated rings. The summed E-state index contributed by atoms with van der Waals surface area (Å²) in [6.07, 6.45) is 1.48. The second-order valence-electron chi connectivity index (χ2n) is 5.58. The van der Waals surface area contributed by atoms with Crippen LogP contribution in [0.25, 0.3) is 0 Å². The molecule has 0 atom stereocenters. The Hall–Kier alpha value is -3.25. The van der Waals surface area contributed by atoms with Crippen LogP contribution in [0.1, 0.15) is 36.6 Å². The normalized spacial score (nSPS) is 12.9. The number of imide groups is 1. The van der Waals surface area contributed by atoms with E-state index in [0.29, 0.717) is 11.3 Å². The van der Waals surface area contributed by atoms with Crippen molar-refractivity contribution in [2.45, 2.75) is 6.61 Å². The molecule has 2 aromatic rings. The summed E-state index contributed by atoms with van der Waals surface area (Å²) >= 11 is 0. The van der Waals surface area contributed by atoms with E-state index >= 15 is 0 Å². The average molecular weight is 336 g/mol. The van der Waals surface area contributed by atoms with Crippen LogP contribution in [0.2, 0.25) is 0 Å². The summed E-state index contributed by atoms with van der Waals surface area (Å²) in [5.74, 6) is -1.22. The molecule has 2 aromatic carbocycles. The van der Waals surface area contributed by atoms with Gasteiger partial charge in [0.1, 0.15) is 0 Å². The van der Waals surface area contributed by atoms with Crippen LogP contribution in [-0.2, 0) is 6.61 Å². The van der Waals surface area contributed by atoms with E-state index in [9.17, 15) is 14.4 Å². The minimum atomic E-state index is -0.433. The van der Waals surface area contributed by atoms with Crippen LogP contribution in [0.4, 0.5) is 5.69 Å². The topological polar surface area (TPSA) is 86.7 Å². The highest BCUT2D eigenvalue weighted by molar-refractivity contribution is 6.22. The molecule has 2 N–H and O–H groups in total. The molecule has 0 saturated carbocycles. The van der Waals surface area contributed by atoms with Crippen molar-refractivity contribution in [1.29, 1.82) is 0 Å². The third-order valence-electron chi connectivity index (χ3n) is 3.91. The van der Waals surface area contributed by atoms with E-state index in [1.54, 1.807) is 24.3 Å². The van der Waals surface area contributed by atoms with E-state index in [2.05, 4.69) is 11.9 Å². The Labute approximate surface area is 144 Å². The molecular formula is C19H16N2O4. The molecule has 6 heteroatoms. The van der Waals surface area contributed by atoms with Crippen LogP contribution in [0.15, 0.2) is 55.1 Å². The SMILES string of the molecule is C=CCN1C(=O)c2ccc(C(=O)Nc3cccc(CO)c3)cc2C1=O. The van der Waals surface area contributed by atoms with E-state index in [4.69, 9.17) is 5.11 Å². The van der Waals surface area contributed by atoms with Gasteiger partial charge in [0, 0.05) is 17.8 Å². The fraction of sp³-hybridized carbons (Fsp3) is 0.105. The number of carbonyl (C=O) groups excluding carboxylic acids is 3. The Morgan fingerprint density at radius 2 is 1.88 bits per heavy atom. The lowest BCUT2D eigenvalue weighted by molar-refractivity contribution is 0.0672. The van der Waals surface area contributed by atoms with E-state index in [1.165, 1.54) is 24.3 Å². The Balaban J connectivity index is 1.85. The molecular weight excluding hydrogens is 320 g/mol. The Bertz CT molecular complexity index is 889. The largest absolute Gasteiger partial charge is 0.392 e. The van der Waals surface area contributed by atoms with Crippen LogP contribution >= 0.6 is 0 Å². The van der Waals surface area contributed by atoms with Crippen LogP contribution in [0, 0.1) is 0 Å². The smallest absolute Gasteiger partial charge is 0.261 e. The first-order valence-electron chi connectivity index (χ1n) is 7.67. The maximum Gasteiger partial charge on any atom is 0.261 e. The zero-order valence-corrected chi connectivity index (χ0v) is 13.4. The highest BCUT2D eigenvalue weighted by atomic mass is 16.3. The van der Waals surface area contributed by atoms with Crippen LogP contribution < -0.4 is 5.32 Å². The van der Waals surface area contributed by atoms with E-state index in [0.717, 1.165) is 4.90 Å². The summed E-state index contributed by atoms with van der Waals surface area (Å²) in [7, 11) is 0. The molecule has 6 nitrogen and oxygen atoms in total. The first-order valence-corrected chi connectivity index (χ1v) is 7.67. The first kappa shape index (κ1) is 16.6. The molecule has 1 aliphatic rings. The van der Waals surface area contributed by atoms with Crippen LogP contribution in [0.3, 0.4) is 0 Å². The van der Waals surface area contributed by atoms with E-state index in [1.807, 2.05) is 0 Å². The van der Waals surface area contributed by atoms with Gasteiger partial charge in [-0.05, 0) is 35.9 Å². The zero-order chi connectivity index (χ0) is 18.0. The number of aliphatic hydroxyl groups excluding tert-OH is 1. The third-order valence-corrected chi connectivity index (χ3v) is 3.91. The Morgan fingerprint density at radius 3 is 2.60 bits per heavy atom. The first-order chi connectivity index (χ1) is 12.0. The molecule has 0 saturated heterocycles. The Kier molecular flexibility index (Phi) is 4.45. The fourth-order valence-electron chi connectivity index (χ4n) is 2.68. The summed E-state index contributed by atoms with van der Waals surface area (Å²) in [5.41, 5.74) is 1.98. The number of amides is 3. The standard InChI is InChI=1S/C19H16N2O4/c1-2-8-21-18(24)15-7-6-13(10-16(15)19(21)25)17(23)20-14-5-3-4-12(9-14)11-22/h2-7,9-10,22H,1,8,11H2,(H,20,23). The number of benzene rings is 2. The van der Waals surface area contributed by atoms with Crippen LogP contribution in [-0.4, -0.2) is 34.3 Å². The second-order valence-corrected chi connectivity index (χ2v) is 5.58. The van der Waals surface area contributed by atoms with Crippen molar-refractivity contribution in [3.05, 3.63) is 77.4 Å². The average Bonchev–Trinajstić information content (AvgIpc) is 2.86. The van der Waals surface area contributed by atoms with Gasteiger partial charge in [0.25, 0.3) is 17.7 Å². The van der Waals surface area contributed by atoms with Crippen LogP contribution in [0.5, 0.6) is 0 Å². The maximum atomic E-state index is 12.4. The highest BCUT2D eigenvalue weighted by Gasteiger charge is 2.35. The van der Waals surface area contributed by atoms with Crippen molar-refractivity contribution in [1.82, 2.24) is 4.90 Å². The number of hydrogen-bond donors (Lipinski definition) is 2. The highest BCUT2D eigenvalue weighted by Crippen LogP contribution is 2.24. The lowest BCUT2D eigenvalue weighted by Crippen LogP contribution is -2.29. The molecule has 1 aliphatic heterocycles. The minimum Gasteiger partial charge on any atom is -0.392 e. The number of hydrogen-bond acceptors (Lipinski definition) is 4. The summed E-state index contributed by atoms with van der Waals surface area (Å²) in [6.45, 7) is 3.53. The van der Waals surface area contributed by atoms with Crippen molar-refractivity contribution < 1.29 is 19.5 Å². The number of rotatable bonds is 5. The van der Waals surface area contributed by atoms with Gasteiger partial charge < -0.3 is 10.4 Å². The second kappa shape index (κ2) is 6.70. The van der Waals surface area contributed by atoms with Gasteiger partial charge in [-0.2, -0.15) is 0 Å². The van der Waals surface area contributed by atoms with Gasteiger partial charge in [0.05, 0.1) is 17.7 Å². The van der Waals surface area contributed by atoms with Gasteiger partial charge in [0.2, 0.25) is 0 Å². The fourth-order valence-corrected chi connectivity index (χ4v) is 2.68. The van der Waals surface area contributed by atoms with Crippen molar-refractivity contribution in [2.24, 2.45) is 0 Å². The lowest BCUT2D eigenvalue weighted by atomic mass is 10.1. The van der Waals surface area contributed by atoms with Gasteiger partial charge in [0.15, 0.2) is 0 Å². The Morgan fingerprint density at radius 1 is 1.12 bits per heavy atom. The number of anilines is 1. The molecule has 0 aromatic heterocycles. The number of nitrogens with one attached hydrogen (secondary N) is 1. The van der Waals surface area contributed by atoms with Gasteiger partial charge >= 0.3 is 0 Å². The number of aliphatic hydroxyl groups is 1. The molecule has 3 amide bonds. The molecule has 0 aliphatic carbocycles. The quantitative estimate of drug-likeness (QED) is 0.647. The molecule has 1 heterocycles. The van der Waals surface area contributed by atoms with E-state index < -0.39 is 11.8 Å². The molecule has 3 rings (SSSR count).